The van der Waals surface area contributed by atoms with Crippen molar-refractivity contribution in [1.29, 1.82) is 5.26 Å². The van der Waals surface area contributed by atoms with Gasteiger partial charge in [0.15, 0.2) is 0 Å². The second-order valence-corrected chi connectivity index (χ2v) is 4.59. The quantitative estimate of drug-likeness (QED) is 0.842. The molecule has 0 bridgehead atoms. The van der Waals surface area contributed by atoms with Crippen molar-refractivity contribution in [2.75, 3.05) is 11.9 Å². The van der Waals surface area contributed by atoms with Gasteiger partial charge in [-0.15, -0.1) is 0 Å². The zero-order valence-corrected chi connectivity index (χ0v) is 11.4. The number of aromatic nitrogens is 2. The van der Waals surface area contributed by atoms with Gasteiger partial charge in [0, 0.05) is 19.8 Å². The first-order chi connectivity index (χ1) is 9.10. The number of aryl methyl sites for hydroxylation is 2. The Balaban J connectivity index is 2.23. The molecule has 0 aliphatic heterocycles. The summed E-state index contributed by atoms with van der Waals surface area (Å²) in [5.41, 5.74) is 3.57. The number of hydrogen-bond acceptors (Lipinski definition) is 4. The first-order valence-corrected chi connectivity index (χ1v) is 6.10. The number of anilines is 1. The number of rotatable bonds is 3. The average molecular weight is 252 g/mol. The van der Waals surface area contributed by atoms with Gasteiger partial charge in [0.1, 0.15) is 5.82 Å². The van der Waals surface area contributed by atoms with Crippen LogP contribution in [-0.2, 0) is 6.54 Å². The van der Waals surface area contributed by atoms with Crippen LogP contribution in [0.4, 0.5) is 5.82 Å². The van der Waals surface area contributed by atoms with E-state index in [1.807, 2.05) is 44.0 Å². The van der Waals surface area contributed by atoms with Crippen molar-refractivity contribution in [2.45, 2.75) is 20.4 Å². The van der Waals surface area contributed by atoms with Gasteiger partial charge in [-0.3, -0.25) is 4.98 Å². The van der Waals surface area contributed by atoms with Gasteiger partial charge in [-0.05, 0) is 31.5 Å². The second-order valence-electron chi connectivity index (χ2n) is 4.59. The van der Waals surface area contributed by atoms with E-state index in [2.05, 4.69) is 16.0 Å². The van der Waals surface area contributed by atoms with Gasteiger partial charge in [-0.25, -0.2) is 4.98 Å². The van der Waals surface area contributed by atoms with E-state index >= 15 is 0 Å². The molecule has 0 saturated carbocycles. The fourth-order valence-electron chi connectivity index (χ4n) is 1.97. The number of nitriles is 1. The molecule has 1 heterocycles. The molecule has 4 nitrogen and oxygen atoms in total. The van der Waals surface area contributed by atoms with Crippen LogP contribution in [0.3, 0.4) is 0 Å². The minimum atomic E-state index is 0.679. The largest absolute Gasteiger partial charge is 0.354 e. The van der Waals surface area contributed by atoms with Crippen LogP contribution in [0, 0.1) is 25.2 Å². The lowest BCUT2D eigenvalue weighted by molar-refractivity contribution is 0.869. The fourth-order valence-corrected chi connectivity index (χ4v) is 1.97. The molecule has 0 N–H and O–H groups in total. The highest BCUT2D eigenvalue weighted by Crippen LogP contribution is 2.16. The zero-order valence-electron chi connectivity index (χ0n) is 11.4. The standard InChI is InChI=1S/C15H16N4/c1-11-9-17-12(2)15(18-11)19(3)10-14-6-4-5-13(7-14)8-16/h4-7,9H,10H2,1-3H3. The van der Waals surface area contributed by atoms with Crippen molar-refractivity contribution < 1.29 is 0 Å². The van der Waals surface area contributed by atoms with E-state index in [4.69, 9.17) is 5.26 Å². The van der Waals surface area contributed by atoms with Crippen LogP contribution in [0.1, 0.15) is 22.5 Å². The minimum absolute atomic E-state index is 0.679. The molecule has 1 aromatic heterocycles. The number of hydrogen-bond donors (Lipinski definition) is 0. The molecule has 0 spiro atoms. The van der Waals surface area contributed by atoms with Gasteiger partial charge in [0.25, 0.3) is 0 Å². The van der Waals surface area contributed by atoms with E-state index in [-0.39, 0.29) is 0 Å². The molecular weight excluding hydrogens is 236 g/mol. The Hall–Kier alpha value is -2.41. The monoisotopic (exact) mass is 252 g/mol. The summed E-state index contributed by atoms with van der Waals surface area (Å²) >= 11 is 0. The summed E-state index contributed by atoms with van der Waals surface area (Å²) in [6.45, 7) is 4.58. The topological polar surface area (TPSA) is 52.8 Å². The van der Waals surface area contributed by atoms with E-state index in [0.29, 0.717) is 12.1 Å². The van der Waals surface area contributed by atoms with Gasteiger partial charge < -0.3 is 4.90 Å². The lowest BCUT2D eigenvalue weighted by Gasteiger charge is -2.20. The second kappa shape index (κ2) is 5.49. The lowest BCUT2D eigenvalue weighted by atomic mass is 10.1. The summed E-state index contributed by atoms with van der Waals surface area (Å²) in [5.74, 6) is 0.877. The highest BCUT2D eigenvalue weighted by Gasteiger charge is 2.08. The molecule has 1 aromatic carbocycles. The van der Waals surface area contributed by atoms with Crippen molar-refractivity contribution in [3.05, 3.63) is 53.0 Å². The molecule has 2 aromatic rings. The molecule has 0 radical (unpaired) electrons. The summed E-state index contributed by atoms with van der Waals surface area (Å²) < 4.78 is 0. The summed E-state index contributed by atoms with van der Waals surface area (Å²) in [4.78, 5) is 10.9. The maximum Gasteiger partial charge on any atom is 0.150 e. The minimum Gasteiger partial charge on any atom is -0.354 e. The Bertz CT molecular complexity index is 628. The third kappa shape index (κ3) is 3.08. The molecule has 4 heteroatoms. The molecule has 0 atom stereocenters. The van der Waals surface area contributed by atoms with Crippen molar-refractivity contribution in [1.82, 2.24) is 9.97 Å². The van der Waals surface area contributed by atoms with Crippen LogP contribution in [0.2, 0.25) is 0 Å². The number of benzene rings is 1. The summed E-state index contributed by atoms with van der Waals surface area (Å²) in [6, 6.07) is 9.77. The van der Waals surface area contributed by atoms with Crippen LogP contribution < -0.4 is 4.90 Å². The van der Waals surface area contributed by atoms with E-state index in [0.717, 1.165) is 22.8 Å². The third-order valence-electron chi connectivity index (χ3n) is 2.89. The van der Waals surface area contributed by atoms with Crippen molar-refractivity contribution in [3.8, 4) is 6.07 Å². The van der Waals surface area contributed by atoms with E-state index in [1.54, 1.807) is 12.3 Å². The summed E-state index contributed by atoms with van der Waals surface area (Å²) in [7, 11) is 1.98. The highest BCUT2D eigenvalue weighted by molar-refractivity contribution is 5.44. The Labute approximate surface area is 113 Å². The Morgan fingerprint density at radius 3 is 2.84 bits per heavy atom. The Morgan fingerprint density at radius 1 is 1.32 bits per heavy atom. The molecule has 0 aliphatic rings. The zero-order chi connectivity index (χ0) is 13.8. The number of nitrogens with zero attached hydrogens (tertiary/aromatic N) is 4. The first kappa shape index (κ1) is 13.0. The normalized spacial score (nSPS) is 10.0. The SMILES string of the molecule is Cc1cnc(C)c(N(C)Cc2cccc(C#N)c2)n1. The van der Waals surface area contributed by atoms with E-state index in [9.17, 15) is 0 Å². The molecule has 0 fully saturated rings. The van der Waals surface area contributed by atoms with Crippen molar-refractivity contribution >= 4 is 5.82 Å². The molecule has 0 unspecified atom stereocenters. The van der Waals surface area contributed by atoms with Crippen LogP contribution in [-0.4, -0.2) is 17.0 Å². The maximum absolute atomic E-state index is 8.91. The fraction of sp³-hybridized carbons (Fsp3) is 0.267. The molecule has 19 heavy (non-hydrogen) atoms. The summed E-state index contributed by atoms with van der Waals surface area (Å²) in [6.07, 6.45) is 1.77. The Morgan fingerprint density at radius 2 is 2.11 bits per heavy atom. The predicted molar refractivity (Wildman–Crippen MR) is 74.8 cm³/mol. The molecular formula is C15H16N4. The molecule has 96 valence electrons. The lowest BCUT2D eigenvalue weighted by Crippen LogP contribution is -2.19. The van der Waals surface area contributed by atoms with Gasteiger partial charge in [0.05, 0.1) is 23.0 Å². The van der Waals surface area contributed by atoms with Crippen LogP contribution in [0.25, 0.3) is 0 Å². The van der Waals surface area contributed by atoms with Crippen LogP contribution in [0.15, 0.2) is 30.5 Å². The molecule has 0 amide bonds. The van der Waals surface area contributed by atoms with Gasteiger partial charge in [0.2, 0.25) is 0 Å². The van der Waals surface area contributed by atoms with E-state index in [1.165, 1.54) is 0 Å². The molecule has 0 saturated heterocycles. The van der Waals surface area contributed by atoms with Gasteiger partial charge >= 0.3 is 0 Å². The summed E-state index contributed by atoms with van der Waals surface area (Å²) in [5, 5.41) is 8.91. The highest BCUT2D eigenvalue weighted by atomic mass is 15.2. The van der Waals surface area contributed by atoms with Gasteiger partial charge in [-0.2, -0.15) is 5.26 Å². The van der Waals surface area contributed by atoms with Crippen LogP contribution >= 0.6 is 0 Å². The van der Waals surface area contributed by atoms with Crippen LogP contribution in [0.5, 0.6) is 0 Å². The van der Waals surface area contributed by atoms with Crippen molar-refractivity contribution in [2.24, 2.45) is 0 Å². The third-order valence-corrected chi connectivity index (χ3v) is 2.89. The first-order valence-electron chi connectivity index (χ1n) is 6.10. The molecule has 2 rings (SSSR count). The van der Waals surface area contributed by atoms with Crippen molar-refractivity contribution in [3.63, 3.8) is 0 Å². The van der Waals surface area contributed by atoms with E-state index < -0.39 is 0 Å². The van der Waals surface area contributed by atoms with Gasteiger partial charge in [-0.1, -0.05) is 12.1 Å². The Kier molecular flexibility index (Phi) is 3.76. The smallest absolute Gasteiger partial charge is 0.150 e. The average Bonchev–Trinajstić information content (AvgIpc) is 2.41. The predicted octanol–water partition coefficient (Wildman–Crippen LogP) is 2.60. The maximum atomic E-state index is 8.91. The molecule has 0 aliphatic carbocycles.